The maximum Gasteiger partial charge on any atom is 0.338 e. The molecule has 0 fully saturated rings. The lowest BCUT2D eigenvalue weighted by molar-refractivity contribution is 0.0692. The Labute approximate surface area is 158 Å². The van der Waals surface area contributed by atoms with Crippen LogP contribution in [0.2, 0.25) is 0 Å². The summed E-state index contributed by atoms with van der Waals surface area (Å²) in [5.41, 5.74) is 1.96. The number of aromatic hydroxyl groups is 1. The molecule has 2 aromatic heterocycles. The summed E-state index contributed by atoms with van der Waals surface area (Å²) in [7, 11) is 1.51. The minimum atomic E-state index is -1.38. The summed E-state index contributed by atoms with van der Waals surface area (Å²) in [5, 5.41) is 19.4. The SMILES string of the molecule is COc1ncccc1-c1ccc(O)c(-c2nc3cc(C(=O)O)c(F)cc3[nH]2)c1. The molecule has 2 heterocycles. The number of carbonyl (C=O) groups is 1. The maximum atomic E-state index is 13.9. The first kappa shape index (κ1) is 17.5. The highest BCUT2D eigenvalue weighted by molar-refractivity contribution is 5.93. The number of carboxylic acid groups (broad SMARTS) is 1. The van der Waals surface area contributed by atoms with Gasteiger partial charge in [-0.05, 0) is 35.9 Å². The monoisotopic (exact) mass is 379 g/mol. The van der Waals surface area contributed by atoms with E-state index in [1.54, 1.807) is 24.4 Å². The number of fused-ring (bicyclic) bond motifs is 1. The first-order valence-corrected chi connectivity index (χ1v) is 8.23. The van der Waals surface area contributed by atoms with Crippen LogP contribution in [-0.4, -0.2) is 38.2 Å². The Balaban J connectivity index is 1.86. The van der Waals surface area contributed by atoms with Crippen LogP contribution in [0.1, 0.15) is 10.4 Å². The number of carboxylic acids is 1. The average molecular weight is 379 g/mol. The van der Waals surface area contributed by atoms with Crippen LogP contribution in [0.3, 0.4) is 0 Å². The molecule has 0 unspecified atom stereocenters. The standard InChI is InChI=1S/C20H14FN3O4/c1-28-19-11(3-2-6-22-19)10-4-5-17(25)13(7-10)18-23-15-8-12(20(26)27)14(21)9-16(15)24-18/h2-9,25H,1H3,(H,23,24)(H,26,27). The Hall–Kier alpha value is -3.94. The molecule has 0 aliphatic rings. The van der Waals surface area contributed by atoms with Gasteiger partial charge >= 0.3 is 5.97 Å². The second-order valence-electron chi connectivity index (χ2n) is 6.03. The molecule has 0 atom stereocenters. The third-order valence-corrected chi connectivity index (χ3v) is 4.33. The fraction of sp³-hybridized carbons (Fsp3) is 0.0500. The fourth-order valence-electron chi connectivity index (χ4n) is 2.99. The van der Waals surface area contributed by atoms with E-state index in [9.17, 15) is 14.3 Å². The van der Waals surface area contributed by atoms with Gasteiger partial charge in [-0.3, -0.25) is 0 Å². The lowest BCUT2D eigenvalue weighted by Crippen LogP contribution is -1.99. The third kappa shape index (κ3) is 2.90. The molecule has 0 bridgehead atoms. The second kappa shape index (κ2) is 6.66. The van der Waals surface area contributed by atoms with Gasteiger partial charge in [-0.1, -0.05) is 6.07 Å². The molecule has 4 rings (SSSR count). The van der Waals surface area contributed by atoms with E-state index in [1.165, 1.54) is 13.2 Å². The highest BCUT2D eigenvalue weighted by Gasteiger charge is 2.17. The van der Waals surface area contributed by atoms with Gasteiger partial charge in [0, 0.05) is 17.8 Å². The molecule has 7 nitrogen and oxygen atoms in total. The summed E-state index contributed by atoms with van der Waals surface area (Å²) in [4.78, 5) is 22.5. The predicted octanol–water partition coefficient (Wildman–Crippen LogP) is 3.84. The number of rotatable bonds is 4. The summed E-state index contributed by atoms with van der Waals surface area (Å²) in [5.74, 6) is -1.58. The van der Waals surface area contributed by atoms with Crippen molar-refractivity contribution in [2.75, 3.05) is 7.11 Å². The number of hydrogen-bond donors (Lipinski definition) is 3. The molecular weight excluding hydrogens is 365 g/mol. The molecule has 4 aromatic rings. The molecule has 0 amide bonds. The molecule has 0 aliphatic carbocycles. The van der Waals surface area contributed by atoms with E-state index in [0.717, 1.165) is 23.3 Å². The number of imidazole rings is 1. The molecule has 0 radical (unpaired) electrons. The number of aromatic carboxylic acids is 1. The van der Waals surface area contributed by atoms with Crippen molar-refractivity contribution in [2.24, 2.45) is 0 Å². The number of phenolic OH excluding ortho intramolecular Hbond substituents is 1. The van der Waals surface area contributed by atoms with E-state index in [1.807, 2.05) is 6.07 Å². The number of nitrogens with zero attached hydrogens (tertiary/aromatic N) is 2. The lowest BCUT2D eigenvalue weighted by Gasteiger charge is -2.09. The molecular formula is C20H14FN3O4. The van der Waals surface area contributed by atoms with Gasteiger partial charge in [0.15, 0.2) is 0 Å². The number of methoxy groups -OCH3 is 1. The van der Waals surface area contributed by atoms with Gasteiger partial charge < -0.3 is 19.9 Å². The molecule has 3 N–H and O–H groups in total. The van der Waals surface area contributed by atoms with Gasteiger partial charge in [-0.2, -0.15) is 0 Å². The Morgan fingerprint density at radius 1 is 1.18 bits per heavy atom. The van der Waals surface area contributed by atoms with Gasteiger partial charge in [0.05, 0.1) is 29.3 Å². The molecule has 0 saturated heterocycles. The van der Waals surface area contributed by atoms with Crippen molar-refractivity contribution in [1.82, 2.24) is 15.0 Å². The number of hydrogen-bond acceptors (Lipinski definition) is 5. The largest absolute Gasteiger partial charge is 0.507 e. The molecule has 0 aliphatic heterocycles. The van der Waals surface area contributed by atoms with Crippen molar-refractivity contribution in [1.29, 1.82) is 0 Å². The number of halogens is 1. The Morgan fingerprint density at radius 3 is 2.75 bits per heavy atom. The molecule has 2 aromatic carbocycles. The average Bonchev–Trinajstić information content (AvgIpc) is 3.10. The van der Waals surface area contributed by atoms with E-state index in [4.69, 9.17) is 9.84 Å². The summed E-state index contributed by atoms with van der Waals surface area (Å²) in [6, 6.07) is 10.7. The first-order chi connectivity index (χ1) is 13.5. The topological polar surface area (TPSA) is 108 Å². The van der Waals surface area contributed by atoms with Crippen LogP contribution in [0.25, 0.3) is 33.5 Å². The van der Waals surface area contributed by atoms with Crippen molar-refractivity contribution in [3.05, 3.63) is 60.0 Å². The Kier molecular flexibility index (Phi) is 4.15. The molecule has 0 saturated carbocycles. The quantitative estimate of drug-likeness (QED) is 0.497. The zero-order chi connectivity index (χ0) is 19.8. The number of benzene rings is 2. The van der Waals surface area contributed by atoms with E-state index in [0.29, 0.717) is 17.0 Å². The second-order valence-corrected chi connectivity index (χ2v) is 6.03. The first-order valence-electron chi connectivity index (χ1n) is 8.23. The Bertz CT molecular complexity index is 1220. The molecule has 0 spiro atoms. The molecule has 8 heteroatoms. The number of nitrogens with one attached hydrogen (secondary N) is 1. The number of H-pyrrole nitrogens is 1. The summed E-state index contributed by atoms with van der Waals surface area (Å²) < 4.78 is 19.2. The van der Waals surface area contributed by atoms with E-state index >= 15 is 0 Å². The van der Waals surface area contributed by atoms with Crippen LogP contribution in [0.5, 0.6) is 11.6 Å². The van der Waals surface area contributed by atoms with Crippen LogP contribution >= 0.6 is 0 Å². The van der Waals surface area contributed by atoms with Crippen LogP contribution in [-0.2, 0) is 0 Å². The van der Waals surface area contributed by atoms with Crippen LogP contribution in [0.4, 0.5) is 4.39 Å². The third-order valence-electron chi connectivity index (χ3n) is 4.33. The fourth-order valence-corrected chi connectivity index (χ4v) is 2.99. The highest BCUT2D eigenvalue weighted by atomic mass is 19.1. The van der Waals surface area contributed by atoms with Crippen molar-refractivity contribution in [3.8, 4) is 34.1 Å². The molecule has 28 heavy (non-hydrogen) atoms. The summed E-state index contributed by atoms with van der Waals surface area (Å²) in [6.45, 7) is 0. The van der Waals surface area contributed by atoms with Gasteiger partial charge in [-0.25, -0.2) is 19.2 Å². The van der Waals surface area contributed by atoms with Crippen molar-refractivity contribution >= 4 is 17.0 Å². The minimum absolute atomic E-state index is 0.0374. The minimum Gasteiger partial charge on any atom is -0.507 e. The van der Waals surface area contributed by atoms with E-state index in [-0.39, 0.29) is 17.1 Å². The normalized spacial score (nSPS) is 10.9. The lowest BCUT2D eigenvalue weighted by atomic mass is 10.0. The maximum absolute atomic E-state index is 13.9. The van der Waals surface area contributed by atoms with Crippen LogP contribution in [0, 0.1) is 5.82 Å². The van der Waals surface area contributed by atoms with E-state index in [2.05, 4.69) is 15.0 Å². The number of aromatic amines is 1. The molecule has 140 valence electrons. The zero-order valence-electron chi connectivity index (χ0n) is 14.6. The summed E-state index contributed by atoms with van der Waals surface area (Å²) >= 11 is 0. The van der Waals surface area contributed by atoms with Gasteiger partial charge in [-0.15, -0.1) is 0 Å². The van der Waals surface area contributed by atoms with Crippen molar-refractivity contribution in [3.63, 3.8) is 0 Å². The van der Waals surface area contributed by atoms with Gasteiger partial charge in [0.2, 0.25) is 5.88 Å². The predicted molar refractivity (Wildman–Crippen MR) is 99.9 cm³/mol. The van der Waals surface area contributed by atoms with E-state index < -0.39 is 17.3 Å². The van der Waals surface area contributed by atoms with Crippen molar-refractivity contribution < 1.29 is 24.1 Å². The number of pyridine rings is 1. The number of aromatic nitrogens is 3. The highest BCUT2D eigenvalue weighted by Crippen LogP contribution is 2.35. The van der Waals surface area contributed by atoms with Crippen LogP contribution < -0.4 is 4.74 Å². The van der Waals surface area contributed by atoms with Crippen LogP contribution in [0.15, 0.2) is 48.7 Å². The van der Waals surface area contributed by atoms with Crippen molar-refractivity contribution in [2.45, 2.75) is 0 Å². The smallest absolute Gasteiger partial charge is 0.338 e. The number of phenols is 1. The summed E-state index contributed by atoms with van der Waals surface area (Å²) in [6.07, 6.45) is 1.61. The number of ether oxygens (including phenoxy) is 1. The Morgan fingerprint density at radius 2 is 2.00 bits per heavy atom. The zero-order valence-corrected chi connectivity index (χ0v) is 14.6. The van der Waals surface area contributed by atoms with Gasteiger partial charge in [0.25, 0.3) is 0 Å². The van der Waals surface area contributed by atoms with Gasteiger partial charge in [0.1, 0.15) is 17.4 Å².